The van der Waals surface area contributed by atoms with E-state index in [9.17, 15) is 4.79 Å². The maximum atomic E-state index is 13.2. The molecule has 0 aliphatic heterocycles. The van der Waals surface area contributed by atoms with Gasteiger partial charge >= 0.3 is 0 Å². The molecule has 1 aromatic carbocycles. The summed E-state index contributed by atoms with van der Waals surface area (Å²) in [6.07, 6.45) is 3.44. The molecule has 0 spiro atoms. The number of hydrogen-bond acceptors (Lipinski definition) is 6. The summed E-state index contributed by atoms with van der Waals surface area (Å²) >= 11 is 6.94. The molecule has 150 valence electrons. The summed E-state index contributed by atoms with van der Waals surface area (Å²) < 4.78 is 5.17. The minimum absolute atomic E-state index is 0.0735. The van der Waals surface area contributed by atoms with Crippen LogP contribution in [-0.4, -0.2) is 28.0 Å². The average Bonchev–Trinajstić information content (AvgIpc) is 3.01. The fraction of sp³-hybridized carbons (Fsp3) is 0.190. The predicted octanol–water partition coefficient (Wildman–Crippen LogP) is 4.07. The number of methoxy groups -OCH3 is 1. The van der Waals surface area contributed by atoms with Gasteiger partial charge in [0.1, 0.15) is 10.8 Å². The van der Waals surface area contributed by atoms with Crippen molar-refractivity contribution in [3.05, 3.63) is 75.9 Å². The average molecular weight is 427 g/mol. The largest absolute Gasteiger partial charge is 0.497 e. The quantitative estimate of drug-likeness (QED) is 0.266. The van der Waals surface area contributed by atoms with E-state index in [1.165, 1.54) is 16.3 Å². The summed E-state index contributed by atoms with van der Waals surface area (Å²) in [6.45, 7) is 4.33. The first kappa shape index (κ1) is 20.9. The Morgan fingerprint density at radius 3 is 2.62 bits per heavy atom. The van der Waals surface area contributed by atoms with Crippen molar-refractivity contribution < 1.29 is 9.53 Å². The van der Waals surface area contributed by atoms with Crippen molar-refractivity contribution in [2.75, 3.05) is 12.4 Å². The van der Waals surface area contributed by atoms with Crippen LogP contribution in [0.5, 0.6) is 5.75 Å². The van der Waals surface area contributed by atoms with Gasteiger partial charge in [0.05, 0.1) is 19.2 Å². The monoisotopic (exact) mass is 426 g/mol. The summed E-state index contributed by atoms with van der Waals surface area (Å²) in [6, 6.07) is 10.8. The number of hydrogen-bond donors (Lipinski definition) is 2. The molecule has 0 unspecified atom stereocenters. The second kappa shape index (κ2) is 9.13. The summed E-state index contributed by atoms with van der Waals surface area (Å²) in [5.41, 5.74) is 3.06. The first-order chi connectivity index (χ1) is 13.9. The highest BCUT2D eigenvalue weighted by molar-refractivity contribution is 7.80. The van der Waals surface area contributed by atoms with Crippen LogP contribution in [0.15, 0.2) is 48.8 Å². The number of aryl methyl sites for hydroxylation is 1. The minimum atomic E-state index is -0.0735. The zero-order chi connectivity index (χ0) is 21.0. The van der Waals surface area contributed by atoms with Crippen LogP contribution in [0.4, 0.5) is 5.00 Å². The number of rotatable bonds is 6. The van der Waals surface area contributed by atoms with Gasteiger partial charge in [-0.1, -0.05) is 6.07 Å². The summed E-state index contributed by atoms with van der Waals surface area (Å²) in [7, 11) is 1.59. The number of thiophene rings is 1. The first-order valence-corrected chi connectivity index (χ1v) is 10.1. The van der Waals surface area contributed by atoms with E-state index in [-0.39, 0.29) is 5.78 Å². The van der Waals surface area contributed by atoms with Gasteiger partial charge in [0.2, 0.25) is 0 Å². The molecule has 6 nitrogen and oxygen atoms in total. The zero-order valence-corrected chi connectivity index (χ0v) is 18.1. The van der Waals surface area contributed by atoms with Crippen LogP contribution in [0, 0.1) is 13.8 Å². The normalized spacial score (nSPS) is 10.5. The first-order valence-electron chi connectivity index (χ1n) is 8.91. The Balaban J connectivity index is 1.82. The molecule has 29 heavy (non-hydrogen) atoms. The second-order valence-corrected chi connectivity index (χ2v) is 8.08. The Labute approximate surface area is 179 Å². The van der Waals surface area contributed by atoms with Crippen molar-refractivity contribution in [1.82, 2.24) is 9.99 Å². The van der Waals surface area contributed by atoms with Crippen molar-refractivity contribution in [2.24, 2.45) is 5.84 Å². The number of benzene rings is 1. The van der Waals surface area contributed by atoms with Crippen molar-refractivity contribution >= 4 is 39.5 Å². The van der Waals surface area contributed by atoms with Gasteiger partial charge in [-0.05, 0) is 67.5 Å². The van der Waals surface area contributed by atoms with E-state index in [1.807, 2.05) is 26.0 Å². The van der Waals surface area contributed by atoms with Crippen molar-refractivity contribution in [1.29, 1.82) is 0 Å². The molecule has 3 N–H and O–H groups in total. The molecule has 0 fully saturated rings. The van der Waals surface area contributed by atoms with Gasteiger partial charge in [-0.15, -0.1) is 11.3 Å². The number of hydrazine groups is 1. The van der Waals surface area contributed by atoms with Crippen LogP contribution < -0.4 is 15.9 Å². The van der Waals surface area contributed by atoms with E-state index in [0.717, 1.165) is 16.0 Å². The fourth-order valence-corrected chi connectivity index (χ4v) is 4.09. The third-order valence-corrected chi connectivity index (χ3v) is 5.98. The zero-order valence-electron chi connectivity index (χ0n) is 16.4. The lowest BCUT2D eigenvalue weighted by Crippen LogP contribution is -2.39. The maximum absolute atomic E-state index is 13.2. The predicted molar refractivity (Wildman–Crippen MR) is 120 cm³/mol. The molecule has 0 amide bonds. The number of ether oxygens (including phenoxy) is 1. The van der Waals surface area contributed by atoms with Crippen LogP contribution >= 0.6 is 23.6 Å². The lowest BCUT2D eigenvalue weighted by Gasteiger charge is -2.20. The molecule has 0 aliphatic rings. The minimum Gasteiger partial charge on any atom is -0.497 e. The van der Waals surface area contributed by atoms with Crippen LogP contribution in [0.1, 0.15) is 31.9 Å². The molecule has 0 bridgehead atoms. The SMILES string of the molecule is COc1ccc(C(=O)c2c(NC(=S)N(N)Cc3cccnc3)sc(C)c2C)cc1. The van der Waals surface area contributed by atoms with Gasteiger partial charge in [0.15, 0.2) is 10.9 Å². The van der Waals surface area contributed by atoms with Gasteiger partial charge in [-0.2, -0.15) is 0 Å². The van der Waals surface area contributed by atoms with E-state index >= 15 is 0 Å². The van der Waals surface area contributed by atoms with Crippen molar-refractivity contribution in [3.8, 4) is 5.75 Å². The van der Waals surface area contributed by atoms with Crippen LogP contribution in [0.3, 0.4) is 0 Å². The van der Waals surface area contributed by atoms with Gasteiger partial charge in [0, 0.05) is 22.8 Å². The molecule has 0 saturated carbocycles. The van der Waals surface area contributed by atoms with Crippen LogP contribution in [0.25, 0.3) is 0 Å². The lowest BCUT2D eigenvalue weighted by atomic mass is 10.0. The van der Waals surface area contributed by atoms with Gasteiger partial charge < -0.3 is 10.1 Å². The van der Waals surface area contributed by atoms with Crippen molar-refractivity contribution in [3.63, 3.8) is 0 Å². The van der Waals surface area contributed by atoms with Crippen LogP contribution in [0.2, 0.25) is 0 Å². The Hall–Kier alpha value is -2.81. The highest BCUT2D eigenvalue weighted by atomic mass is 32.1. The molecule has 3 rings (SSSR count). The molecule has 2 aromatic heterocycles. The Morgan fingerprint density at radius 1 is 1.28 bits per heavy atom. The Kier molecular flexibility index (Phi) is 6.58. The molecular weight excluding hydrogens is 404 g/mol. The number of nitrogens with zero attached hydrogens (tertiary/aromatic N) is 2. The topological polar surface area (TPSA) is 80.5 Å². The molecule has 8 heteroatoms. The highest BCUT2D eigenvalue weighted by Crippen LogP contribution is 2.34. The van der Waals surface area contributed by atoms with Crippen LogP contribution in [-0.2, 0) is 6.54 Å². The number of thiocarbonyl (C=S) groups is 1. The smallest absolute Gasteiger partial charge is 0.196 e. The Morgan fingerprint density at radius 2 is 2.00 bits per heavy atom. The molecular formula is C21H22N4O2S2. The number of ketones is 1. The number of nitrogens with two attached hydrogens (primary N) is 1. The summed E-state index contributed by atoms with van der Waals surface area (Å²) in [5, 5.41) is 5.60. The molecule has 0 atom stereocenters. The number of nitrogens with one attached hydrogen (secondary N) is 1. The van der Waals surface area contributed by atoms with Gasteiger partial charge in [-0.25, -0.2) is 5.84 Å². The number of aromatic nitrogens is 1. The molecule has 0 saturated heterocycles. The van der Waals surface area contributed by atoms with E-state index in [1.54, 1.807) is 43.8 Å². The number of pyridine rings is 1. The molecule has 2 heterocycles. The molecule has 0 radical (unpaired) electrons. The van der Waals surface area contributed by atoms with Gasteiger partial charge in [-0.3, -0.25) is 14.8 Å². The third kappa shape index (κ3) is 4.79. The third-order valence-electron chi connectivity index (χ3n) is 4.52. The van der Waals surface area contributed by atoms with E-state index < -0.39 is 0 Å². The fourth-order valence-electron chi connectivity index (χ4n) is 2.80. The van der Waals surface area contributed by atoms with E-state index in [4.69, 9.17) is 22.8 Å². The summed E-state index contributed by atoms with van der Waals surface area (Å²) in [5.74, 6) is 6.75. The molecule has 0 aliphatic carbocycles. The number of anilines is 1. The standard InChI is InChI=1S/C21H22N4O2S2/c1-13-14(2)29-20(18(13)19(26)16-6-8-17(27-3)9-7-16)24-21(28)25(22)12-15-5-4-10-23-11-15/h4-11H,12,22H2,1-3H3,(H,24,28). The Bertz CT molecular complexity index is 1020. The maximum Gasteiger partial charge on any atom is 0.196 e. The number of carbonyl (C=O) groups is 1. The molecule has 3 aromatic rings. The van der Waals surface area contributed by atoms with E-state index in [2.05, 4.69) is 10.3 Å². The van der Waals surface area contributed by atoms with Crippen molar-refractivity contribution in [2.45, 2.75) is 20.4 Å². The van der Waals surface area contributed by atoms with Gasteiger partial charge in [0.25, 0.3) is 0 Å². The summed E-state index contributed by atoms with van der Waals surface area (Å²) in [4.78, 5) is 18.3. The second-order valence-electron chi connectivity index (χ2n) is 6.46. The number of carbonyl (C=O) groups excluding carboxylic acids is 1. The lowest BCUT2D eigenvalue weighted by molar-refractivity contribution is 0.103. The van der Waals surface area contributed by atoms with E-state index in [0.29, 0.717) is 33.5 Å². The highest BCUT2D eigenvalue weighted by Gasteiger charge is 2.22.